The van der Waals surface area contributed by atoms with Crippen molar-refractivity contribution in [3.8, 4) is 0 Å². The Morgan fingerprint density at radius 3 is 2.70 bits per heavy atom. The molecule has 0 nitrogen and oxygen atoms in total. The Morgan fingerprint density at radius 1 is 1.15 bits per heavy atom. The molecule has 0 aliphatic heterocycles. The molecule has 1 heterocycles. The molecule has 0 aliphatic carbocycles. The highest BCUT2D eigenvalue weighted by Gasteiger charge is 2.14. The first kappa shape index (κ1) is 16.3. The Kier molecular flexibility index (Phi) is 6.86. The lowest BCUT2D eigenvalue weighted by molar-refractivity contribution is 0.585. The van der Waals surface area contributed by atoms with Crippen molar-refractivity contribution in [3.63, 3.8) is 0 Å². The van der Waals surface area contributed by atoms with Gasteiger partial charge >= 0.3 is 0 Å². The maximum Gasteiger partial charge on any atom is 0.0599 e. The van der Waals surface area contributed by atoms with Crippen LogP contribution in [0.3, 0.4) is 0 Å². The second kappa shape index (κ2) is 8.41. The van der Waals surface area contributed by atoms with Crippen LogP contribution in [0, 0.1) is 0 Å². The summed E-state index contributed by atoms with van der Waals surface area (Å²) >= 11 is 12.0. The summed E-state index contributed by atoms with van der Waals surface area (Å²) in [5.41, 5.74) is 1.31. The monoisotopic (exact) mass is 372 g/mol. The summed E-state index contributed by atoms with van der Waals surface area (Å²) in [6, 6.07) is 6.37. The minimum Gasteiger partial charge on any atom is -0.142 e. The van der Waals surface area contributed by atoms with E-state index in [9.17, 15) is 0 Å². The largest absolute Gasteiger partial charge is 0.142 e. The van der Waals surface area contributed by atoms with E-state index in [0.717, 1.165) is 6.42 Å². The van der Waals surface area contributed by atoms with Crippen molar-refractivity contribution in [1.82, 2.24) is 0 Å². The molecule has 1 atom stereocenters. The van der Waals surface area contributed by atoms with E-state index in [1.54, 1.807) is 11.3 Å². The normalized spacial score (nSPS) is 12.9. The summed E-state index contributed by atoms with van der Waals surface area (Å²) < 4.78 is 2.49. The maximum atomic E-state index is 6.61. The Bertz CT molecular complexity index is 535. The van der Waals surface area contributed by atoms with Crippen LogP contribution in [0.2, 0.25) is 0 Å². The molecular formula is C17H22BrClS. The summed E-state index contributed by atoms with van der Waals surface area (Å²) in [7, 11) is 0. The molecule has 0 amide bonds. The average molecular weight is 374 g/mol. The second-order valence-electron chi connectivity index (χ2n) is 5.33. The highest BCUT2D eigenvalue weighted by molar-refractivity contribution is 9.10. The van der Waals surface area contributed by atoms with E-state index in [1.165, 1.54) is 58.6 Å². The number of halogens is 2. The zero-order chi connectivity index (χ0) is 14.4. The topological polar surface area (TPSA) is 0 Å². The fraction of sp³-hybridized carbons (Fsp3) is 0.529. The van der Waals surface area contributed by atoms with Crippen LogP contribution >= 0.6 is 38.9 Å². The Balaban J connectivity index is 1.88. The fourth-order valence-corrected chi connectivity index (χ4v) is 4.63. The van der Waals surface area contributed by atoms with E-state index in [-0.39, 0.29) is 5.38 Å². The minimum atomic E-state index is 0.157. The first-order valence-electron chi connectivity index (χ1n) is 7.53. The van der Waals surface area contributed by atoms with Crippen molar-refractivity contribution in [2.24, 2.45) is 0 Å². The van der Waals surface area contributed by atoms with Gasteiger partial charge in [0.1, 0.15) is 0 Å². The lowest BCUT2D eigenvalue weighted by atomic mass is 10.0. The Morgan fingerprint density at radius 2 is 1.90 bits per heavy atom. The first-order valence-corrected chi connectivity index (χ1v) is 9.64. The Labute approximate surface area is 139 Å². The molecule has 0 N–H and O–H groups in total. The quantitative estimate of drug-likeness (QED) is 0.328. The van der Waals surface area contributed by atoms with Gasteiger partial charge in [-0.2, -0.15) is 0 Å². The van der Waals surface area contributed by atoms with Crippen molar-refractivity contribution in [2.45, 2.75) is 57.2 Å². The van der Waals surface area contributed by atoms with Gasteiger partial charge in [0.25, 0.3) is 0 Å². The molecule has 0 radical (unpaired) electrons. The van der Waals surface area contributed by atoms with Gasteiger partial charge in [-0.25, -0.2) is 0 Å². The number of unbranched alkanes of at least 4 members (excludes halogenated alkanes) is 5. The summed E-state index contributed by atoms with van der Waals surface area (Å²) in [6.07, 6.45) is 9.05. The molecule has 1 unspecified atom stereocenters. The lowest BCUT2D eigenvalue weighted by Gasteiger charge is -2.09. The van der Waals surface area contributed by atoms with Crippen LogP contribution in [-0.2, 0) is 0 Å². The zero-order valence-corrected chi connectivity index (χ0v) is 15.2. The molecule has 2 rings (SSSR count). The van der Waals surface area contributed by atoms with E-state index in [1.807, 2.05) is 0 Å². The van der Waals surface area contributed by atoms with Crippen LogP contribution in [0.25, 0.3) is 10.1 Å². The summed E-state index contributed by atoms with van der Waals surface area (Å²) in [5.74, 6) is 0. The van der Waals surface area contributed by atoms with Crippen molar-refractivity contribution in [2.75, 3.05) is 0 Å². The van der Waals surface area contributed by atoms with Crippen molar-refractivity contribution >= 4 is 49.0 Å². The second-order valence-corrected chi connectivity index (χ2v) is 7.59. The van der Waals surface area contributed by atoms with E-state index in [4.69, 9.17) is 11.6 Å². The van der Waals surface area contributed by atoms with Crippen LogP contribution in [0.1, 0.15) is 62.8 Å². The van der Waals surface area contributed by atoms with Gasteiger partial charge in [0.15, 0.2) is 0 Å². The van der Waals surface area contributed by atoms with Crippen LogP contribution < -0.4 is 0 Å². The van der Waals surface area contributed by atoms with Gasteiger partial charge in [0.05, 0.1) is 5.38 Å². The third kappa shape index (κ3) is 4.22. The number of fused-ring (bicyclic) bond motifs is 1. The number of benzene rings is 1. The molecule has 0 aliphatic rings. The molecule has 3 heteroatoms. The first-order chi connectivity index (χ1) is 9.74. The van der Waals surface area contributed by atoms with E-state index in [0.29, 0.717) is 0 Å². The van der Waals surface area contributed by atoms with E-state index in [2.05, 4.69) is 46.4 Å². The van der Waals surface area contributed by atoms with Crippen LogP contribution in [0.4, 0.5) is 0 Å². The molecule has 2 aromatic rings. The molecule has 0 fully saturated rings. The van der Waals surface area contributed by atoms with Gasteiger partial charge in [-0.1, -0.05) is 57.6 Å². The van der Waals surface area contributed by atoms with Crippen LogP contribution in [0.5, 0.6) is 0 Å². The Hall–Kier alpha value is -0.0500. The van der Waals surface area contributed by atoms with Gasteiger partial charge in [0, 0.05) is 9.17 Å². The number of alkyl halides is 1. The molecular weight excluding hydrogens is 352 g/mol. The average Bonchev–Trinajstić information content (AvgIpc) is 2.88. The van der Waals surface area contributed by atoms with E-state index < -0.39 is 0 Å². The van der Waals surface area contributed by atoms with E-state index >= 15 is 0 Å². The van der Waals surface area contributed by atoms with Crippen molar-refractivity contribution in [1.29, 1.82) is 0 Å². The van der Waals surface area contributed by atoms with Gasteiger partial charge in [0.2, 0.25) is 0 Å². The smallest absolute Gasteiger partial charge is 0.0599 e. The highest BCUT2D eigenvalue weighted by atomic mass is 79.9. The summed E-state index contributed by atoms with van der Waals surface area (Å²) in [4.78, 5) is 0. The SMILES string of the molecule is CCCCCCCCC(Cl)c1csc2c(Br)cccc12. The van der Waals surface area contributed by atoms with Gasteiger partial charge < -0.3 is 0 Å². The molecule has 20 heavy (non-hydrogen) atoms. The number of hydrogen-bond donors (Lipinski definition) is 0. The van der Waals surface area contributed by atoms with Crippen molar-refractivity contribution < 1.29 is 0 Å². The zero-order valence-electron chi connectivity index (χ0n) is 12.0. The fourth-order valence-electron chi connectivity index (χ4n) is 2.54. The number of hydrogen-bond acceptors (Lipinski definition) is 1. The third-order valence-corrected chi connectivity index (χ3v) is 6.15. The summed E-state index contributed by atoms with van der Waals surface area (Å²) in [6.45, 7) is 2.26. The molecule has 1 aromatic carbocycles. The molecule has 110 valence electrons. The molecule has 1 aromatic heterocycles. The lowest BCUT2D eigenvalue weighted by Crippen LogP contribution is -1.90. The molecule has 0 bridgehead atoms. The van der Waals surface area contributed by atoms with Crippen molar-refractivity contribution in [3.05, 3.63) is 33.6 Å². The predicted molar refractivity (Wildman–Crippen MR) is 96.1 cm³/mol. The summed E-state index contributed by atoms with van der Waals surface area (Å²) in [5, 5.41) is 3.70. The highest BCUT2D eigenvalue weighted by Crippen LogP contribution is 2.39. The standard InChI is InChI=1S/C17H22BrClS/c1-2-3-4-5-6-7-11-16(19)14-12-20-17-13(14)9-8-10-15(17)18/h8-10,12,16H,2-7,11H2,1H3. The van der Waals surface area contributed by atoms with Crippen LogP contribution in [0.15, 0.2) is 28.1 Å². The van der Waals surface area contributed by atoms with Gasteiger partial charge in [-0.05, 0) is 44.7 Å². The third-order valence-electron chi connectivity index (χ3n) is 3.73. The molecule has 0 saturated carbocycles. The van der Waals surface area contributed by atoms with Crippen LogP contribution in [-0.4, -0.2) is 0 Å². The van der Waals surface area contributed by atoms with Gasteiger partial charge in [-0.3, -0.25) is 0 Å². The number of rotatable bonds is 8. The predicted octanol–water partition coefficient (Wildman–Crippen LogP) is 7.69. The van der Waals surface area contributed by atoms with Gasteiger partial charge in [-0.15, -0.1) is 22.9 Å². The molecule has 0 spiro atoms. The maximum absolute atomic E-state index is 6.61. The molecule has 0 saturated heterocycles. The minimum absolute atomic E-state index is 0.157. The number of thiophene rings is 1.